The molecule has 0 amide bonds. The van der Waals surface area contributed by atoms with E-state index in [4.69, 9.17) is 22.1 Å². The molecule has 1 aromatic carbocycles. The molecule has 2 N–H and O–H groups in total. The minimum Gasteiger partial charge on any atom is -0.486 e. The Morgan fingerprint density at radius 3 is 2.74 bits per heavy atom. The number of benzene rings is 1. The topological polar surface area (TPSA) is 78.9 Å². The number of nitrogens with zero attached hydrogens (tertiary/aromatic N) is 4. The number of hydrogen-bond donors (Lipinski definition) is 1. The highest BCUT2D eigenvalue weighted by atomic mass is 35.5. The van der Waals surface area contributed by atoms with E-state index in [0.717, 1.165) is 25.1 Å². The number of rotatable bonds is 7. The van der Waals surface area contributed by atoms with E-state index in [-0.39, 0.29) is 0 Å². The lowest BCUT2D eigenvalue weighted by Crippen LogP contribution is -2.10. The average molecular weight is 282 g/mol. The van der Waals surface area contributed by atoms with Crippen LogP contribution in [0.5, 0.6) is 5.75 Å². The highest BCUT2D eigenvalue weighted by molar-refractivity contribution is 6.30. The lowest BCUT2D eigenvalue weighted by Gasteiger charge is -2.06. The smallest absolute Gasteiger partial charge is 0.189 e. The average Bonchev–Trinajstić information content (AvgIpc) is 2.86. The molecule has 2 aromatic rings. The molecule has 0 unspecified atom stereocenters. The van der Waals surface area contributed by atoms with Gasteiger partial charge < -0.3 is 10.5 Å². The molecule has 0 radical (unpaired) electrons. The van der Waals surface area contributed by atoms with Crippen LogP contribution in [-0.4, -0.2) is 26.8 Å². The number of tetrazole rings is 1. The van der Waals surface area contributed by atoms with Crippen molar-refractivity contribution in [2.24, 2.45) is 5.73 Å². The molecule has 0 saturated carbocycles. The van der Waals surface area contributed by atoms with Crippen LogP contribution >= 0.6 is 11.6 Å². The van der Waals surface area contributed by atoms with Crippen molar-refractivity contribution in [2.45, 2.75) is 26.0 Å². The first kappa shape index (κ1) is 13.8. The predicted molar refractivity (Wildman–Crippen MR) is 71.9 cm³/mol. The Labute approximate surface area is 116 Å². The molecule has 6 nitrogen and oxygen atoms in total. The van der Waals surface area contributed by atoms with Crippen LogP contribution in [0.4, 0.5) is 0 Å². The minimum atomic E-state index is 0.331. The van der Waals surface area contributed by atoms with Crippen LogP contribution in [0, 0.1) is 0 Å². The number of aromatic nitrogens is 4. The molecule has 2 rings (SSSR count). The molecule has 102 valence electrons. The number of hydrogen-bond acceptors (Lipinski definition) is 5. The van der Waals surface area contributed by atoms with Gasteiger partial charge in [0.05, 0.1) is 0 Å². The van der Waals surface area contributed by atoms with Crippen LogP contribution in [-0.2, 0) is 13.2 Å². The summed E-state index contributed by atoms with van der Waals surface area (Å²) in [5, 5.41) is 12.2. The van der Waals surface area contributed by atoms with Crippen molar-refractivity contribution in [3.05, 3.63) is 35.1 Å². The first-order valence-electron chi connectivity index (χ1n) is 6.13. The molecule has 7 heteroatoms. The van der Waals surface area contributed by atoms with Gasteiger partial charge in [-0.2, -0.15) is 0 Å². The predicted octanol–water partition coefficient (Wildman–Crippen LogP) is 1.64. The zero-order valence-corrected chi connectivity index (χ0v) is 11.3. The molecule has 0 aliphatic carbocycles. The quantitative estimate of drug-likeness (QED) is 0.781. The fraction of sp³-hybridized carbons (Fsp3) is 0.417. The number of nitrogens with two attached hydrogens (primary N) is 1. The van der Waals surface area contributed by atoms with Crippen molar-refractivity contribution in [3.63, 3.8) is 0 Å². The molecule has 0 spiro atoms. The van der Waals surface area contributed by atoms with E-state index < -0.39 is 0 Å². The highest BCUT2D eigenvalue weighted by Crippen LogP contribution is 2.16. The number of halogens is 1. The van der Waals surface area contributed by atoms with Gasteiger partial charge in [-0.1, -0.05) is 11.6 Å². The van der Waals surface area contributed by atoms with Gasteiger partial charge in [-0.15, -0.1) is 5.10 Å². The fourth-order valence-electron chi connectivity index (χ4n) is 1.58. The van der Waals surface area contributed by atoms with Gasteiger partial charge in [0.25, 0.3) is 0 Å². The van der Waals surface area contributed by atoms with Crippen molar-refractivity contribution in [3.8, 4) is 5.75 Å². The summed E-state index contributed by atoms with van der Waals surface area (Å²) in [6.07, 6.45) is 1.91. The lowest BCUT2D eigenvalue weighted by molar-refractivity contribution is 0.285. The Morgan fingerprint density at radius 1 is 1.21 bits per heavy atom. The van der Waals surface area contributed by atoms with Crippen molar-refractivity contribution in [1.82, 2.24) is 20.2 Å². The van der Waals surface area contributed by atoms with Crippen LogP contribution < -0.4 is 10.5 Å². The first-order valence-corrected chi connectivity index (χ1v) is 6.51. The molecule has 19 heavy (non-hydrogen) atoms. The molecule has 0 atom stereocenters. The maximum absolute atomic E-state index is 5.81. The van der Waals surface area contributed by atoms with E-state index in [1.807, 2.05) is 12.1 Å². The molecule has 0 bridgehead atoms. The summed E-state index contributed by atoms with van der Waals surface area (Å²) in [6.45, 7) is 1.76. The maximum atomic E-state index is 5.81. The summed E-state index contributed by atoms with van der Waals surface area (Å²) in [5.41, 5.74) is 5.46. The van der Waals surface area contributed by atoms with E-state index in [1.54, 1.807) is 16.8 Å². The normalized spacial score (nSPS) is 10.6. The van der Waals surface area contributed by atoms with Gasteiger partial charge in [0, 0.05) is 11.6 Å². The third kappa shape index (κ3) is 4.18. The van der Waals surface area contributed by atoms with Gasteiger partial charge in [-0.25, -0.2) is 4.68 Å². The number of aryl methyl sites for hydroxylation is 1. The third-order valence-corrected chi connectivity index (χ3v) is 2.86. The fourth-order valence-corrected chi connectivity index (χ4v) is 1.71. The second-order valence-electron chi connectivity index (χ2n) is 4.06. The Morgan fingerprint density at radius 2 is 2.00 bits per heavy atom. The van der Waals surface area contributed by atoms with E-state index in [9.17, 15) is 0 Å². The van der Waals surface area contributed by atoms with E-state index in [1.165, 1.54) is 0 Å². The molecular formula is C12H16ClN5O. The third-order valence-electron chi connectivity index (χ3n) is 2.61. The second kappa shape index (κ2) is 7.06. The zero-order valence-electron chi connectivity index (χ0n) is 10.5. The van der Waals surface area contributed by atoms with Crippen LogP contribution in [0.2, 0.25) is 5.02 Å². The second-order valence-corrected chi connectivity index (χ2v) is 4.49. The van der Waals surface area contributed by atoms with Crippen molar-refractivity contribution in [2.75, 3.05) is 6.54 Å². The summed E-state index contributed by atoms with van der Waals surface area (Å²) in [5.74, 6) is 1.44. The molecule has 1 aromatic heterocycles. The maximum Gasteiger partial charge on any atom is 0.189 e. The van der Waals surface area contributed by atoms with Crippen LogP contribution in [0.1, 0.15) is 18.7 Å². The minimum absolute atomic E-state index is 0.331. The van der Waals surface area contributed by atoms with E-state index in [0.29, 0.717) is 24.0 Å². The number of ether oxygens (including phenoxy) is 1. The molecular weight excluding hydrogens is 266 g/mol. The Hall–Kier alpha value is -1.66. The first-order chi connectivity index (χ1) is 9.29. The van der Waals surface area contributed by atoms with Gasteiger partial charge >= 0.3 is 0 Å². The summed E-state index contributed by atoms with van der Waals surface area (Å²) in [6, 6.07) is 7.18. The largest absolute Gasteiger partial charge is 0.486 e. The van der Waals surface area contributed by atoms with Crippen LogP contribution in [0.3, 0.4) is 0 Å². The summed E-state index contributed by atoms with van der Waals surface area (Å²) < 4.78 is 7.35. The highest BCUT2D eigenvalue weighted by Gasteiger charge is 2.06. The molecule has 1 heterocycles. The monoisotopic (exact) mass is 281 g/mol. The van der Waals surface area contributed by atoms with Gasteiger partial charge in [0.15, 0.2) is 5.82 Å². The van der Waals surface area contributed by atoms with Crippen molar-refractivity contribution in [1.29, 1.82) is 0 Å². The summed E-state index contributed by atoms with van der Waals surface area (Å²) in [7, 11) is 0. The Bertz CT molecular complexity index is 499. The molecule has 0 fully saturated rings. The van der Waals surface area contributed by atoms with E-state index >= 15 is 0 Å². The van der Waals surface area contributed by atoms with Crippen molar-refractivity contribution >= 4 is 11.6 Å². The van der Waals surface area contributed by atoms with Crippen LogP contribution in [0.15, 0.2) is 24.3 Å². The lowest BCUT2D eigenvalue weighted by atomic mass is 10.3. The summed E-state index contributed by atoms with van der Waals surface area (Å²) >= 11 is 5.81. The van der Waals surface area contributed by atoms with Crippen LogP contribution in [0.25, 0.3) is 0 Å². The van der Waals surface area contributed by atoms with Crippen molar-refractivity contribution < 1.29 is 4.74 Å². The van der Waals surface area contributed by atoms with Gasteiger partial charge in [-0.05, 0) is 54.1 Å². The summed E-state index contributed by atoms with van der Waals surface area (Å²) in [4.78, 5) is 0. The molecule has 0 aliphatic rings. The molecule has 0 aliphatic heterocycles. The zero-order chi connectivity index (χ0) is 13.5. The standard InChI is InChI=1S/C12H16ClN5O/c13-10-3-5-11(6-4-10)19-9-12-15-16-17-18(12)8-2-1-7-14/h3-6H,1-2,7-9,14H2. The number of unbranched alkanes of at least 4 members (excludes halogenated alkanes) is 1. The van der Waals surface area contributed by atoms with E-state index in [2.05, 4.69) is 15.5 Å². The van der Waals surface area contributed by atoms with Gasteiger partial charge in [0.1, 0.15) is 12.4 Å². The van der Waals surface area contributed by atoms with Gasteiger partial charge in [0.2, 0.25) is 0 Å². The molecule has 0 saturated heterocycles. The SMILES string of the molecule is NCCCCn1nnnc1COc1ccc(Cl)cc1. The Kier molecular flexibility index (Phi) is 5.11. The van der Waals surface area contributed by atoms with Gasteiger partial charge in [-0.3, -0.25) is 0 Å². The Balaban J connectivity index is 1.88.